The predicted molar refractivity (Wildman–Crippen MR) is 89.6 cm³/mol. The highest BCUT2D eigenvalue weighted by molar-refractivity contribution is 7.89. The Labute approximate surface area is 136 Å². The second kappa shape index (κ2) is 7.80. The zero-order valence-electron chi connectivity index (χ0n) is 12.5. The predicted octanol–water partition coefficient (Wildman–Crippen LogP) is 1.04. The Morgan fingerprint density at radius 1 is 1.32 bits per heavy atom. The van der Waals surface area contributed by atoms with Crippen molar-refractivity contribution in [2.24, 2.45) is 4.99 Å². The van der Waals surface area contributed by atoms with Gasteiger partial charge in [0.2, 0.25) is 10.0 Å². The molecule has 2 rings (SSSR count). The Bertz CT molecular complexity index is 616. The average molecular weight is 345 g/mol. The standard InChI is InChI=1S/C14H21ClN4O2S/c1-16-14(18-11-12-3-5-13(15)6-4-12)17-7-9-19-8-2-10-22(19,20)21/h3-6H,2,7-11H2,1H3,(H2,16,17,18). The van der Waals surface area contributed by atoms with Crippen molar-refractivity contribution in [2.75, 3.05) is 32.4 Å². The largest absolute Gasteiger partial charge is 0.355 e. The van der Waals surface area contributed by atoms with Gasteiger partial charge in [-0.3, -0.25) is 4.99 Å². The molecule has 1 saturated heterocycles. The summed E-state index contributed by atoms with van der Waals surface area (Å²) in [5.74, 6) is 0.905. The van der Waals surface area contributed by atoms with E-state index in [-0.39, 0.29) is 5.75 Å². The topological polar surface area (TPSA) is 73.8 Å². The van der Waals surface area contributed by atoms with Gasteiger partial charge < -0.3 is 10.6 Å². The number of nitrogens with one attached hydrogen (secondary N) is 2. The fourth-order valence-electron chi connectivity index (χ4n) is 2.25. The molecule has 1 aliphatic heterocycles. The van der Waals surface area contributed by atoms with Crippen molar-refractivity contribution in [3.8, 4) is 0 Å². The van der Waals surface area contributed by atoms with Gasteiger partial charge in [-0.05, 0) is 24.1 Å². The van der Waals surface area contributed by atoms with Crippen molar-refractivity contribution in [3.05, 3.63) is 34.9 Å². The molecule has 1 heterocycles. The smallest absolute Gasteiger partial charge is 0.214 e. The zero-order chi connectivity index (χ0) is 16.0. The summed E-state index contributed by atoms with van der Waals surface area (Å²) >= 11 is 5.85. The quantitative estimate of drug-likeness (QED) is 0.618. The van der Waals surface area contributed by atoms with Crippen LogP contribution in [0.15, 0.2) is 29.3 Å². The van der Waals surface area contributed by atoms with Crippen LogP contribution in [0, 0.1) is 0 Å². The van der Waals surface area contributed by atoms with E-state index >= 15 is 0 Å². The van der Waals surface area contributed by atoms with Gasteiger partial charge in [-0.1, -0.05) is 23.7 Å². The van der Waals surface area contributed by atoms with E-state index in [0.29, 0.717) is 43.6 Å². The molecule has 0 atom stereocenters. The van der Waals surface area contributed by atoms with E-state index in [1.54, 1.807) is 7.05 Å². The third-order valence-corrected chi connectivity index (χ3v) is 5.66. The van der Waals surface area contributed by atoms with Crippen LogP contribution in [0.1, 0.15) is 12.0 Å². The molecular formula is C14H21ClN4O2S. The molecule has 1 fully saturated rings. The van der Waals surface area contributed by atoms with E-state index in [4.69, 9.17) is 11.6 Å². The molecule has 1 aromatic rings. The normalized spacial score (nSPS) is 18.4. The van der Waals surface area contributed by atoms with E-state index in [1.807, 2.05) is 24.3 Å². The lowest BCUT2D eigenvalue weighted by Crippen LogP contribution is -2.41. The molecule has 0 aromatic heterocycles. The summed E-state index contributed by atoms with van der Waals surface area (Å²) in [4.78, 5) is 4.12. The first-order valence-electron chi connectivity index (χ1n) is 7.18. The van der Waals surface area contributed by atoms with Crippen LogP contribution in [0.5, 0.6) is 0 Å². The highest BCUT2D eigenvalue weighted by Crippen LogP contribution is 2.11. The lowest BCUT2D eigenvalue weighted by molar-refractivity contribution is 0.445. The van der Waals surface area contributed by atoms with Gasteiger partial charge in [0.05, 0.1) is 5.75 Å². The molecule has 1 aliphatic rings. The summed E-state index contributed by atoms with van der Waals surface area (Å²) < 4.78 is 24.9. The van der Waals surface area contributed by atoms with E-state index in [9.17, 15) is 8.42 Å². The number of rotatable bonds is 5. The number of aliphatic imine (C=N–C) groups is 1. The fraction of sp³-hybridized carbons (Fsp3) is 0.500. The van der Waals surface area contributed by atoms with Crippen molar-refractivity contribution in [2.45, 2.75) is 13.0 Å². The van der Waals surface area contributed by atoms with Crippen molar-refractivity contribution in [1.29, 1.82) is 0 Å². The molecule has 0 saturated carbocycles. The molecule has 0 spiro atoms. The summed E-state index contributed by atoms with van der Waals surface area (Å²) in [6, 6.07) is 7.57. The van der Waals surface area contributed by atoms with Crippen LogP contribution < -0.4 is 10.6 Å². The summed E-state index contributed by atoms with van der Waals surface area (Å²) in [7, 11) is -1.35. The fourth-order valence-corrected chi connectivity index (χ4v) is 3.90. The van der Waals surface area contributed by atoms with Gasteiger partial charge >= 0.3 is 0 Å². The molecule has 0 amide bonds. The van der Waals surface area contributed by atoms with Crippen LogP contribution in [0.4, 0.5) is 0 Å². The van der Waals surface area contributed by atoms with Crippen molar-refractivity contribution in [1.82, 2.24) is 14.9 Å². The maximum Gasteiger partial charge on any atom is 0.214 e. The molecular weight excluding hydrogens is 324 g/mol. The van der Waals surface area contributed by atoms with E-state index < -0.39 is 10.0 Å². The second-order valence-corrected chi connectivity index (χ2v) is 7.57. The lowest BCUT2D eigenvalue weighted by Gasteiger charge is -2.16. The van der Waals surface area contributed by atoms with Gasteiger partial charge in [-0.2, -0.15) is 0 Å². The molecule has 2 N–H and O–H groups in total. The Morgan fingerprint density at radius 3 is 2.64 bits per heavy atom. The molecule has 8 heteroatoms. The minimum absolute atomic E-state index is 0.260. The van der Waals surface area contributed by atoms with E-state index in [1.165, 1.54) is 4.31 Å². The molecule has 0 unspecified atom stereocenters. The minimum Gasteiger partial charge on any atom is -0.355 e. The number of nitrogens with zero attached hydrogens (tertiary/aromatic N) is 2. The minimum atomic E-state index is -3.03. The second-order valence-electron chi connectivity index (χ2n) is 5.05. The van der Waals surface area contributed by atoms with Gasteiger partial charge in [0.15, 0.2) is 5.96 Å². The molecule has 22 heavy (non-hydrogen) atoms. The third-order valence-electron chi connectivity index (χ3n) is 3.45. The first-order valence-corrected chi connectivity index (χ1v) is 9.17. The van der Waals surface area contributed by atoms with Crippen LogP contribution in [0.25, 0.3) is 0 Å². The van der Waals surface area contributed by atoms with Crippen LogP contribution in [0.3, 0.4) is 0 Å². The number of halogens is 1. The Balaban J connectivity index is 1.74. The Kier molecular flexibility index (Phi) is 6.05. The zero-order valence-corrected chi connectivity index (χ0v) is 14.1. The van der Waals surface area contributed by atoms with Crippen molar-refractivity contribution in [3.63, 3.8) is 0 Å². The molecule has 122 valence electrons. The molecule has 0 bridgehead atoms. The average Bonchev–Trinajstić information content (AvgIpc) is 2.83. The monoisotopic (exact) mass is 344 g/mol. The highest BCUT2D eigenvalue weighted by Gasteiger charge is 2.27. The maximum absolute atomic E-state index is 11.7. The Hall–Kier alpha value is -1.31. The van der Waals surface area contributed by atoms with E-state index in [2.05, 4.69) is 15.6 Å². The summed E-state index contributed by atoms with van der Waals surface area (Å²) in [6.45, 7) is 2.23. The van der Waals surface area contributed by atoms with Gasteiger partial charge in [-0.25, -0.2) is 12.7 Å². The van der Waals surface area contributed by atoms with Crippen molar-refractivity contribution < 1.29 is 8.42 Å². The highest BCUT2D eigenvalue weighted by atomic mass is 35.5. The molecule has 0 aliphatic carbocycles. The first kappa shape index (κ1) is 17.1. The van der Waals surface area contributed by atoms with Crippen LogP contribution in [-0.4, -0.2) is 51.1 Å². The van der Waals surface area contributed by atoms with Gasteiger partial charge in [0, 0.05) is 38.2 Å². The maximum atomic E-state index is 11.7. The number of hydrogen-bond donors (Lipinski definition) is 2. The van der Waals surface area contributed by atoms with Gasteiger partial charge in [0.1, 0.15) is 0 Å². The van der Waals surface area contributed by atoms with Gasteiger partial charge in [0.25, 0.3) is 0 Å². The first-order chi connectivity index (χ1) is 10.5. The molecule has 0 radical (unpaired) electrons. The lowest BCUT2D eigenvalue weighted by atomic mass is 10.2. The third kappa shape index (κ3) is 4.86. The summed E-state index contributed by atoms with van der Waals surface area (Å²) in [6.07, 6.45) is 0.714. The summed E-state index contributed by atoms with van der Waals surface area (Å²) in [5.41, 5.74) is 1.09. The number of benzene rings is 1. The van der Waals surface area contributed by atoms with Crippen LogP contribution in [-0.2, 0) is 16.6 Å². The van der Waals surface area contributed by atoms with E-state index in [0.717, 1.165) is 5.56 Å². The summed E-state index contributed by atoms with van der Waals surface area (Å²) in [5, 5.41) is 7.01. The number of hydrogen-bond acceptors (Lipinski definition) is 3. The van der Waals surface area contributed by atoms with Crippen molar-refractivity contribution >= 4 is 27.6 Å². The molecule has 1 aromatic carbocycles. The Morgan fingerprint density at radius 2 is 2.05 bits per heavy atom. The number of guanidine groups is 1. The SMILES string of the molecule is CN=C(NCCN1CCCS1(=O)=O)NCc1ccc(Cl)cc1. The number of sulfonamides is 1. The van der Waals surface area contributed by atoms with Crippen LogP contribution >= 0.6 is 11.6 Å². The molecule has 6 nitrogen and oxygen atoms in total. The van der Waals surface area contributed by atoms with Gasteiger partial charge in [-0.15, -0.1) is 0 Å². The van der Waals surface area contributed by atoms with Crippen LogP contribution in [0.2, 0.25) is 5.02 Å².